The first-order chi connectivity index (χ1) is 8.07. The van der Waals surface area contributed by atoms with Crippen molar-refractivity contribution in [1.82, 2.24) is 9.97 Å². The lowest BCUT2D eigenvalue weighted by molar-refractivity contribution is -0.0883. The van der Waals surface area contributed by atoms with Crippen LogP contribution in [-0.2, 0) is 0 Å². The van der Waals surface area contributed by atoms with E-state index >= 15 is 0 Å². The summed E-state index contributed by atoms with van der Waals surface area (Å²) in [6.45, 7) is 0. The summed E-state index contributed by atoms with van der Waals surface area (Å²) in [6.07, 6.45) is -0.214. The van der Waals surface area contributed by atoms with Crippen LogP contribution in [0.4, 0.5) is 8.78 Å². The van der Waals surface area contributed by atoms with Gasteiger partial charge in [0.15, 0.2) is 0 Å². The van der Waals surface area contributed by atoms with Crippen molar-refractivity contribution >= 4 is 11.0 Å². The van der Waals surface area contributed by atoms with E-state index < -0.39 is 5.92 Å². The molecule has 1 saturated carbocycles. The molecule has 0 bridgehead atoms. The van der Waals surface area contributed by atoms with Crippen molar-refractivity contribution in [3.05, 3.63) is 24.0 Å². The van der Waals surface area contributed by atoms with E-state index in [2.05, 4.69) is 9.97 Å². The molecule has 1 aromatic carbocycles. The van der Waals surface area contributed by atoms with Gasteiger partial charge in [-0.3, -0.25) is 0 Å². The molecule has 0 aliphatic heterocycles. The van der Waals surface area contributed by atoms with Gasteiger partial charge in [-0.05, 0) is 12.1 Å². The van der Waals surface area contributed by atoms with Gasteiger partial charge in [-0.25, -0.2) is 13.8 Å². The maximum Gasteiger partial charge on any atom is 0.249 e. The van der Waals surface area contributed by atoms with Gasteiger partial charge in [0, 0.05) is 24.8 Å². The summed E-state index contributed by atoms with van der Waals surface area (Å²) in [6, 6.07) is 5.45. The van der Waals surface area contributed by atoms with E-state index in [4.69, 9.17) is 4.74 Å². The number of nitrogens with zero attached hydrogens (tertiary/aromatic N) is 1. The number of aromatic amines is 1. The Bertz CT molecular complexity index is 557. The van der Waals surface area contributed by atoms with Gasteiger partial charge in [-0.1, -0.05) is 0 Å². The Labute approximate surface area is 96.8 Å². The van der Waals surface area contributed by atoms with Crippen LogP contribution in [0.2, 0.25) is 0 Å². The van der Waals surface area contributed by atoms with Crippen LogP contribution in [0, 0.1) is 0 Å². The lowest BCUT2D eigenvalue weighted by Gasteiger charge is -2.33. The van der Waals surface area contributed by atoms with E-state index in [0.717, 1.165) is 16.8 Å². The van der Waals surface area contributed by atoms with Gasteiger partial charge >= 0.3 is 0 Å². The second-order valence-electron chi connectivity index (χ2n) is 4.47. The summed E-state index contributed by atoms with van der Waals surface area (Å²) in [5.74, 6) is -1.28. The van der Waals surface area contributed by atoms with Crippen molar-refractivity contribution < 1.29 is 13.5 Å². The van der Waals surface area contributed by atoms with Gasteiger partial charge in [-0.2, -0.15) is 0 Å². The van der Waals surface area contributed by atoms with E-state index in [1.54, 1.807) is 7.11 Å². The molecule has 3 rings (SSSR count). The fourth-order valence-electron chi connectivity index (χ4n) is 2.18. The number of hydrogen-bond donors (Lipinski definition) is 1. The third-order valence-electron chi connectivity index (χ3n) is 3.18. The van der Waals surface area contributed by atoms with E-state index in [-0.39, 0.29) is 18.8 Å². The molecule has 0 spiro atoms. The first-order valence-corrected chi connectivity index (χ1v) is 5.49. The van der Waals surface area contributed by atoms with Crippen LogP contribution < -0.4 is 4.74 Å². The molecule has 0 atom stereocenters. The average molecular weight is 238 g/mol. The van der Waals surface area contributed by atoms with Crippen molar-refractivity contribution in [2.45, 2.75) is 24.7 Å². The Morgan fingerprint density at radius 1 is 1.41 bits per heavy atom. The predicted molar refractivity (Wildman–Crippen MR) is 59.6 cm³/mol. The third kappa shape index (κ3) is 1.75. The Kier molecular flexibility index (Phi) is 2.11. The first-order valence-electron chi connectivity index (χ1n) is 5.49. The highest BCUT2D eigenvalue weighted by atomic mass is 19.3. The highest BCUT2D eigenvalue weighted by Gasteiger charge is 2.47. The Hall–Kier alpha value is -1.65. The van der Waals surface area contributed by atoms with Crippen LogP contribution in [0.5, 0.6) is 5.75 Å². The highest BCUT2D eigenvalue weighted by Crippen LogP contribution is 2.47. The standard InChI is InChI=1S/C12H12F2N2O/c1-17-8-2-3-9-10(4-8)16-11(15-9)7-5-12(13,14)6-7/h2-4,7H,5-6H2,1H3,(H,15,16). The van der Waals surface area contributed by atoms with E-state index in [9.17, 15) is 8.78 Å². The normalized spacial score (nSPS) is 19.2. The summed E-state index contributed by atoms with van der Waals surface area (Å²) < 4.78 is 30.7. The molecule has 17 heavy (non-hydrogen) atoms. The molecule has 0 radical (unpaired) electrons. The largest absolute Gasteiger partial charge is 0.497 e. The van der Waals surface area contributed by atoms with Crippen LogP contribution in [0.3, 0.4) is 0 Å². The molecule has 3 nitrogen and oxygen atoms in total. The number of rotatable bonds is 2. The monoisotopic (exact) mass is 238 g/mol. The molecule has 5 heteroatoms. The van der Waals surface area contributed by atoms with Crippen molar-refractivity contribution in [2.24, 2.45) is 0 Å². The van der Waals surface area contributed by atoms with Crippen LogP contribution >= 0.6 is 0 Å². The van der Waals surface area contributed by atoms with Gasteiger partial charge in [0.25, 0.3) is 0 Å². The highest BCUT2D eigenvalue weighted by molar-refractivity contribution is 5.76. The molecule has 1 aromatic heterocycles. The van der Waals surface area contributed by atoms with Gasteiger partial charge in [0.05, 0.1) is 18.1 Å². The number of methoxy groups -OCH3 is 1. The fourth-order valence-corrected chi connectivity index (χ4v) is 2.18. The number of halogens is 2. The second-order valence-corrected chi connectivity index (χ2v) is 4.47. The molecule has 0 saturated heterocycles. The number of nitrogens with one attached hydrogen (secondary N) is 1. The molecule has 90 valence electrons. The summed E-state index contributed by atoms with van der Waals surface area (Å²) in [5, 5.41) is 0. The third-order valence-corrected chi connectivity index (χ3v) is 3.18. The number of benzene rings is 1. The van der Waals surface area contributed by atoms with Gasteiger partial charge < -0.3 is 9.72 Å². The SMILES string of the molecule is COc1ccc2nc(C3CC(F)(F)C3)[nH]c2c1. The minimum absolute atomic E-state index is 0.107. The number of aromatic nitrogens is 2. The number of ether oxygens (including phenoxy) is 1. The topological polar surface area (TPSA) is 37.9 Å². The minimum atomic E-state index is -2.51. The first kappa shape index (κ1) is 10.5. The molecule has 2 aromatic rings. The van der Waals surface area contributed by atoms with Crippen LogP contribution in [0.1, 0.15) is 24.6 Å². The molecule has 1 N–H and O–H groups in total. The van der Waals surface area contributed by atoms with E-state index in [1.807, 2.05) is 18.2 Å². The quantitative estimate of drug-likeness (QED) is 0.873. The van der Waals surface area contributed by atoms with Gasteiger partial charge in [0.1, 0.15) is 11.6 Å². The molecular weight excluding hydrogens is 226 g/mol. The number of imidazole rings is 1. The zero-order chi connectivity index (χ0) is 12.0. The lowest BCUT2D eigenvalue weighted by Crippen LogP contribution is -2.34. The Morgan fingerprint density at radius 3 is 2.82 bits per heavy atom. The smallest absolute Gasteiger partial charge is 0.249 e. The average Bonchev–Trinajstić information content (AvgIpc) is 2.67. The number of H-pyrrole nitrogens is 1. The van der Waals surface area contributed by atoms with Crippen LogP contribution in [0.25, 0.3) is 11.0 Å². The summed E-state index contributed by atoms with van der Waals surface area (Å²) in [5.41, 5.74) is 1.62. The van der Waals surface area contributed by atoms with E-state index in [0.29, 0.717) is 5.82 Å². The zero-order valence-electron chi connectivity index (χ0n) is 9.34. The van der Waals surface area contributed by atoms with Gasteiger partial charge in [-0.15, -0.1) is 0 Å². The van der Waals surface area contributed by atoms with Crippen molar-refractivity contribution in [1.29, 1.82) is 0 Å². The Balaban J connectivity index is 1.92. The minimum Gasteiger partial charge on any atom is -0.497 e. The van der Waals surface area contributed by atoms with Crippen LogP contribution in [-0.4, -0.2) is 23.0 Å². The molecule has 0 amide bonds. The lowest BCUT2D eigenvalue weighted by atomic mass is 9.81. The van der Waals surface area contributed by atoms with E-state index in [1.165, 1.54) is 0 Å². The Morgan fingerprint density at radius 2 is 2.18 bits per heavy atom. The molecular formula is C12H12F2N2O. The predicted octanol–water partition coefficient (Wildman–Crippen LogP) is 3.08. The fraction of sp³-hybridized carbons (Fsp3) is 0.417. The van der Waals surface area contributed by atoms with Crippen molar-refractivity contribution in [3.63, 3.8) is 0 Å². The molecule has 1 fully saturated rings. The summed E-state index contributed by atoms with van der Waals surface area (Å²) in [7, 11) is 1.59. The molecule has 1 aliphatic rings. The maximum atomic E-state index is 12.8. The second kappa shape index (κ2) is 3.42. The number of fused-ring (bicyclic) bond motifs is 1. The maximum absolute atomic E-state index is 12.8. The molecule has 1 heterocycles. The van der Waals surface area contributed by atoms with Gasteiger partial charge in [0.2, 0.25) is 5.92 Å². The number of alkyl halides is 2. The summed E-state index contributed by atoms with van der Waals surface area (Å²) in [4.78, 5) is 7.42. The van der Waals surface area contributed by atoms with Crippen LogP contribution in [0.15, 0.2) is 18.2 Å². The number of hydrogen-bond acceptors (Lipinski definition) is 2. The molecule has 0 unspecified atom stereocenters. The summed E-state index contributed by atoms with van der Waals surface area (Å²) >= 11 is 0. The zero-order valence-corrected chi connectivity index (χ0v) is 9.34. The molecule has 1 aliphatic carbocycles. The van der Waals surface area contributed by atoms with Crippen molar-refractivity contribution in [3.8, 4) is 5.75 Å². The van der Waals surface area contributed by atoms with Crippen molar-refractivity contribution in [2.75, 3.05) is 7.11 Å².